The van der Waals surface area contributed by atoms with E-state index in [9.17, 15) is 14.0 Å². The molecule has 2 unspecified atom stereocenters. The Morgan fingerprint density at radius 3 is 2.38 bits per heavy atom. The first-order valence-corrected chi connectivity index (χ1v) is 12.3. The number of rotatable bonds is 9. The Labute approximate surface area is 208 Å². The second-order valence-electron chi connectivity index (χ2n) is 9.92. The van der Waals surface area contributed by atoms with E-state index in [2.05, 4.69) is 14.7 Å². The molecule has 2 heterocycles. The molecule has 2 aliphatic heterocycles. The van der Waals surface area contributed by atoms with Crippen molar-refractivity contribution in [1.82, 2.24) is 14.7 Å². The first kappa shape index (κ1) is 26.7. The molecule has 3 fully saturated rings. The summed E-state index contributed by atoms with van der Waals surface area (Å²) >= 11 is 0. The molecule has 2 atom stereocenters. The Morgan fingerprint density at radius 1 is 1.09 bits per heavy atom. The lowest BCUT2D eigenvalue weighted by Crippen LogP contribution is -2.47. The zero-order valence-corrected chi connectivity index (χ0v) is 21.5. The van der Waals surface area contributed by atoms with E-state index in [0.29, 0.717) is 18.3 Å². The predicted molar refractivity (Wildman–Crippen MR) is 133 cm³/mol. The molecular formula is C25H38ClFN4O3. The van der Waals surface area contributed by atoms with Gasteiger partial charge in [-0.1, -0.05) is 6.92 Å². The normalized spacial score (nSPS) is 23.7. The molecule has 1 aliphatic carbocycles. The van der Waals surface area contributed by atoms with Crippen LogP contribution in [0.15, 0.2) is 18.2 Å². The number of amides is 2. The molecule has 0 bridgehead atoms. The highest BCUT2D eigenvalue weighted by Gasteiger charge is 2.49. The Balaban J connectivity index is 0.00000324. The molecule has 3 aliphatic rings. The highest BCUT2D eigenvalue weighted by molar-refractivity contribution is 6.06. The minimum Gasteiger partial charge on any atom is -0.489 e. The number of piperazine rings is 1. The number of imide groups is 1. The van der Waals surface area contributed by atoms with Crippen molar-refractivity contribution in [2.45, 2.75) is 58.2 Å². The van der Waals surface area contributed by atoms with Gasteiger partial charge in [-0.15, -0.1) is 12.4 Å². The molecule has 9 heteroatoms. The fraction of sp³-hybridized carbons (Fsp3) is 0.680. The molecular weight excluding hydrogens is 459 g/mol. The minimum absolute atomic E-state index is 0. The van der Waals surface area contributed by atoms with Crippen molar-refractivity contribution in [3.05, 3.63) is 24.0 Å². The number of hydrogen-bond acceptors (Lipinski definition) is 6. The third-order valence-corrected chi connectivity index (χ3v) is 7.06. The maximum Gasteiger partial charge on any atom is 0.247 e. The second kappa shape index (κ2) is 11.2. The molecule has 190 valence electrons. The number of hydrogen-bond donors (Lipinski definition) is 0. The van der Waals surface area contributed by atoms with Crippen LogP contribution >= 0.6 is 12.4 Å². The van der Waals surface area contributed by atoms with Gasteiger partial charge in [0.2, 0.25) is 11.8 Å². The van der Waals surface area contributed by atoms with Gasteiger partial charge in [-0.3, -0.25) is 24.3 Å². The van der Waals surface area contributed by atoms with Crippen molar-refractivity contribution in [3.8, 4) is 5.75 Å². The van der Waals surface area contributed by atoms with E-state index in [1.165, 1.54) is 11.0 Å². The van der Waals surface area contributed by atoms with Crippen LogP contribution < -0.4 is 9.64 Å². The SMILES string of the molecule is CC(C)Oc1ccc(F)cc1N1CCN(CCCN2C(=O)C(C)C(N(C)C3CC3)C2=O)CC1.Cl. The first-order chi connectivity index (χ1) is 15.8. The Bertz CT molecular complexity index is 874. The van der Waals surface area contributed by atoms with Crippen LogP contribution in [0, 0.1) is 11.7 Å². The van der Waals surface area contributed by atoms with Crippen molar-refractivity contribution in [3.63, 3.8) is 0 Å². The molecule has 2 amide bonds. The summed E-state index contributed by atoms with van der Waals surface area (Å²) in [4.78, 5) is 33.7. The number of likely N-dealkylation sites (N-methyl/N-ethyl adjacent to an activating group) is 1. The minimum atomic E-state index is -0.304. The van der Waals surface area contributed by atoms with Crippen LogP contribution in [0.1, 0.15) is 40.0 Å². The summed E-state index contributed by atoms with van der Waals surface area (Å²) in [6.45, 7) is 10.4. The summed E-state index contributed by atoms with van der Waals surface area (Å²) in [5.41, 5.74) is 0.802. The lowest BCUT2D eigenvalue weighted by Gasteiger charge is -2.37. The first-order valence-electron chi connectivity index (χ1n) is 12.3. The molecule has 0 aromatic heterocycles. The number of carbonyl (C=O) groups is 2. The van der Waals surface area contributed by atoms with Crippen LogP contribution in [0.25, 0.3) is 0 Å². The highest BCUT2D eigenvalue weighted by atomic mass is 35.5. The van der Waals surface area contributed by atoms with Gasteiger partial charge < -0.3 is 9.64 Å². The van der Waals surface area contributed by atoms with Gasteiger partial charge in [-0.2, -0.15) is 0 Å². The van der Waals surface area contributed by atoms with E-state index in [-0.39, 0.29) is 48.1 Å². The van der Waals surface area contributed by atoms with Gasteiger partial charge in [0.05, 0.1) is 17.7 Å². The number of nitrogens with zero attached hydrogens (tertiary/aromatic N) is 4. The van der Waals surface area contributed by atoms with E-state index in [1.54, 1.807) is 12.1 Å². The molecule has 2 saturated heterocycles. The Kier molecular flexibility index (Phi) is 8.82. The Hall–Kier alpha value is -1.90. The molecule has 0 radical (unpaired) electrons. The van der Waals surface area contributed by atoms with Crippen LogP contribution in [-0.4, -0.2) is 91.0 Å². The van der Waals surface area contributed by atoms with E-state index >= 15 is 0 Å². The Morgan fingerprint density at radius 2 is 1.76 bits per heavy atom. The molecule has 0 N–H and O–H groups in total. The van der Waals surface area contributed by atoms with Crippen LogP contribution in [-0.2, 0) is 9.59 Å². The summed E-state index contributed by atoms with van der Waals surface area (Å²) in [7, 11) is 1.98. The molecule has 1 aromatic rings. The average molecular weight is 497 g/mol. The number of carbonyl (C=O) groups excluding carboxylic acids is 2. The van der Waals surface area contributed by atoms with E-state index in [4.69, 9.17) is 4.74 Å². The second-order valence-corrected chi connectivity index (χ2v) is 9.92. The van der Waals surface area contributed by atoms with Gasteiger partial charge in [-0.05, 0) is 58.8 Å². The monoisotopic (exact) mass is 496 g/mol. The van der Waals surface area contributed by atoms with E-state index in [1.807, 2.05) is 27.8 Å². The third kappa shape index (κ3) is 5.83. The van der Waals surface area contributed by atoms with Crippen LogP contribution in [0.3, 0.4) is 0 Å². The molecule has 1 aromatic carbocycles. The quantitative estimate of drug-likeness (QED) is 0.490. The van der Waals surface area contributed by atoms with Crippen molar-refractivity contribution in [2.24, 2.45) is 5.92 Å². The van der Waals surface area contributed by atoms with Gasteiger partial charge in [0.1, 0.15) is 17.6 Å². The van der Waals surface area contributed by atoms with Gasteiger partial charge in [0, 0.05) is 44.8 Å². The lowest BCUT2D eigenvalue weighted by molar-refractivity contribution is -0.140. The molecule has 0 spiro atoms. The number of ether oxygens (including phenoxy) is 1. The van der Waals surface area contributed by atoms with Crippen molar-refractivity contribution >= 4 is 29.9 Å². The molecule has 4 rings (SSSR count). The van der Waals surface area contributed by atoms with Crippen molar-refractivity contribution in [1.29, 1.82) is 0 Å². The number of benzene rings is 1. The summed E-state index contributed by atoms with van der Waals surface area (Å²) in [6, 6.07) is 4.84. The average Bonchev–Trinajstić information content (AvgIpc) is 3.60. The maximum absolute atomic E-state index is 13.9. The summed E-state index contributed by atoms with van der Waals surface area (Å²) in [5.74, 6) is 0.121. The van der Waals surface area contributed by atoms with Gasteiger partial charge in [-0.25, -0.2) is 4.39 Å². The fourth-order valence-electron chi connectivity index (χ4n) is 5.08. The number of halogens is 2. The summed E-state index contributed by atoms with van der Waals surface area (Å²) in [6.07, 6.45) is 3.03. The predicted octanol–water partition coefficient (Wildman–Crippen LogP) is 3.01. The van der Waals surface area contributed by atoms with Crippen molar-refractivity contribution in [2.75, 3.05) is 51.2 Å². The largest absolute Gasteiger partial charge is 0.489 e. The maximum atomic E-state index is 13.9. The standard InChI is InChI=1S/C25H37FN4O3.ClH/c1-17(2)33-22-9-6-19(26)16-21(22)29-14-12-28(13-15-29)10-5-11-30-24(31)18(3)23(25(30)32)27(4)20-7-8-20;/h6,9,16-18,20,23H,5,7-8,10-15H2,1-4H3;1H. The number of likely N-dealkylation sites (tertiary alicyclic amines) is 1. The van der Waals surface area contributed by atoms with Gasteiger partial charge in [0.15, 0.2) is 0 Å². The zero-order valence-electron chi connectivity index (χ0n) is 20.7. The fourth-order valence-corrected chi connectivity index (χ4v) is 5.08. The number of anilines is 1. The summed E-state index contributed by atoms with van der Waals surface area (Å²) < 4.78 is 19.8. The van der Waals surface area contributed by atoms with E-state index in [0.717, 1.165) is 57.7 Å². The third-order valence-electron chi connectivity index (χ3n) is 7.06. The molecule has 34 heavy (non-hydrogen) atoms. The zero-order chi connectivity index (χ0) is 23.7. The van der Waals surface area contributed by atoms with E-state index < -0.39 is 0 Å². The lowest BCUT2D eigenvalue weighted by atomic mass is 10.0. The topological polar surface area (TPSA) is 56.3 Å². The van der Waals surface area contributed by atoms with Crippen LogP contribution in [0.4, 0.5) is 10.1 Å². The summed E-state index contributed by atoms with van der Waals surface area (Å²) in [5, 5.41) is 0. The van der Waals surface area contributed by atoms with Gasteiger partial charge in [0.25, 0.3) is 0 Å². The smallest absolute Gasteiger partial charge is 0.247 e. The van der Waals surface area contributed by atoms with Crippen LogP contribution in [0.2, 0.25) is 0 Å². The highest BCUT2D eigenvalue weighted by Crippen LogP contribution is 2.33. The molecule has 1 saturated carbocycles. The van der Waals surface area contributed by atoms with Gasteiger partial charge >= 0.3 is 0 Å². The molecule has 7 nitrogen and oxygen atoms in total. The van der Waals surface area contributed by atoms with Crippen LogP contribution in [0.5, 0.6) is 5.75 Å². The van der Waals surface area contributed by atoms with Crippen molar-refractivity contribution < 1.29 is 18.7 Å².